The van der Waals surface area contributed by atoms with Gasteiger partial charge in [-0.2, -0.15) is 0 Å². The van der Waals surface area contributed by atoms with Crippen LogP contribution < -0.4 is 0 Å². The highest BCUT2D eigenvalue weighted by atomic mass is 16.7. The Kier molecular flexibility index (Phi) is 14.8. The smallest absolute Gasteiger partial charge is 0.303 e. The van der Waals surface area contributed by atoms with E-state index in [-0.39, 0.29) is 0 Å². The Morgan fingerprint density at radius 3 is 0.932 bits per heavy atom. The first-order valence-corrected chi connectivity index (χ1v) is 12.9. The topological polar surface area (TPSA) is 274 Å². The second kappa shape index (κ2) is 17.5. The van der Waals surface area contributed by atoms with E-state index in [0.29, 0.717) is 0 Å². The van der Waals surface area contributed by atoms with Gasteiger partial charge in [0, 0.05) is 51.4 Å². The summed E-state index contributed by atoms with van der Waals surface area (Å²) in [6.45, 7) is 10.0. The molecule has 44 heavy (non-hydrogen) atoms. The molecule has 0 aromatic rings. The third-order valence-corrected chi connectivity index (χ3v) is 5.63. The molecule has 244 valence electrons. The van der Waals surface area contributed by atoms with Crippen LogP contribution in [0.5, 0.6) is 0 Å². The van der Waals surface area contributed by atoms with Crippen LogP contribution in [-0.4, -0.2) is 97.1 Å². The molecule has 2 rings (SSSR count). The highest BCUT2D eigenvalue weighted by Gasteiger charge is 2.51. The molecule has 0 bridgehead atoms. The Balaban J connectivity index is 0.000000440. The van der Waals surface area contributed by atoms with Crippen LogP contribution in [0.1, 0.15) is 55.4 Å². The second-order valence-corrected chi connectivity index (χ2v) is 9.32. The predicted molar refractivity (Wildman–Crippen MR) is 140 cm³/mol. The molecule has 2 fully saturated rings. The normalized spacial score (nSPS) is 30.6. The predicted octanol–water partition coefficient (Wildman–Crippen LogP) is 1.67. The molecule has 0 amide bonds. The summed E-state index contributed by atoms with van der Waals surface area (Å²) >= 11 is 0. The van der Waals surface area contributed by atoms with Gasteiger partial charge in [-0.15, -0.1) is 0 Å². The van der Waals surface area contributed by atoms with Crippen molar-refractivity contribution in [2.45, 2.75) is 117 Å². The maximum absolute atomic E-state index is 11.3. The van der Waals surface area contributed by atoms with Crippen molar-refractivity contribution in [2.24, 2.45) is 10.2 Å². The lowest BCUT2D eigenvalue weighted by Gasteiger charge is -2.42. The summed E-state index contributed by atoms with van der Waals surface area (Å²) in [7, 11) is 0. The molecule has 20 heteroatoms. The Bertz CT molecular complexity index is 1100. The molecular formula is C24H34N6O14. The summed E-state index contributed by atoms with van der Waals surface area (Å²) in [4.78, 5) is 72.7. The van der Waals surface area contributed by atoms with Gasteiger partial charge < -0.3 is 37.9 Å². The Morgan fingerprint density at radius 1 is 0.477 bits per heavy atom. The molecule has 20 nitrogen and oxygen atoms in total. The first-order chi connectivity index (χ1) is 20.5. The summed E-state index contributed by atoms with van der Waals surface area (Å²) in [5.41, 5.74) is 17.2. The maximum atomic E-state index is 11.3. The van der Waals surface area contributed by atoms with E-state index in [1.54, 1.807) is 13.8 Å². The Morgan fingerprint density at radius 2 is 0.705 bits per heavy atom. The van der Waals surface area contributed by atoms with Gasteiger partial charge in [-0.25, -0.2) is 0 Å². The number of hydrogen-bond acceptors (Lipinski definition) is 16. The molecule has 2 aliphatic heterocycles. The van der Waals surface area contributed by atoms with E-state index < -0.39 is 97.1 Å². The number of nitrogens with zero attached hydrogens (tertiary/aromatic N) is 6. The van der Waals surface area contributed by atoms with Gasteiger partial charge in [-0.05, 0) is 24.9 Å². The quantitative estimate of drug-likeness (QED) is 0.121. The molecule has 2 heterocycles. The van der Waals surface area contributed by atoms with Crippen molar-refractivity contribution in [2.75, 3.05) is 0 Å². The lowest BCUT2D eigenvalue weighted by Crippen LogP contribution is -2.59. The van der Waals surface area contributed by atoms with Gasteiger partial charge in [0.2, 0.25) is 0 Å². The molecule has 10 atom stereocenters. The molecule has 0 saturated carbocycles. The van der Waals surface area contributed by atoms with Crippen LogP contribution >= 0.6 is 0 Å². The fraction of sp³-hybridized carbons (Fsp3) is 0.750. The van der Waals surface area contributed by atoms with Crippen molar-refractivity contribution >= 4 is 35.8 Å². The zero-order chi connectivity index (χ0) is 33.7. The van der Waals surface area contributed by atoms with Crippen molar-refractivity contribution in [3.63, 3.8) is 0 Å². The number of carbonyl (C=O) groups excluding carboxylic acids is 6. The van der Waals surface area contributed by atoms with Crippen LogP contribution in [-0.2, 0) is 66.7 Å². The van der Waals surface area contributed by atoms with Gasteiger partial charge >= 0.3 is 35.8 Å². The summed E-state index contributed by atoms with van der Waals surface area (Å²) in [6, 6.07) is 0. The summed E-state index contributed by atoms with van der Waals surface area (Å²) in [5, 5.41) is 6.78. The Hall–Kier alpha value is -4.64. The molecule has 0 aromatic carbocycles. The standard InChI is InChI=1S/2C12H17N3O7/c2*1-5-9(20-6(2)16)10(21-7(3)17)11(22-8(4)18)12(19-5)14-15-13/h2*5,9-12H,1-4H3/t2*5-,9+,10+,11-,12-/m00/s1. The van der Waals surface area contributed by atoms with Crippen LogP contribution in [0.25, 0.3) is 20.9 Å². The molecule has 0 aliphatic carbocycles. The van der Waals surface area contributed by atoms with Gasteiger partial charge in [-0.3, -0.25) is 28.8 Å². The second-order valence-electron chi connectivity index (χ2n) is 9.32. The molecular weight excluding hydrogens is 596 g/mol. The average Bonchev–Trinajstić information content (AvgIpc) is 2.87. The van der Waals surface area contributed by atoms with Crippen LogP contribution in [0, 0.1) is 0 Å². The van der Waals surface area contributed by atoms with E-state index in [0.717, 1.165) is 27.7 Å². The SMILES string of the molecule is CC(=O)O[C@@H]1[C@H](OC(C)=O)[C@H](C)O[C@H](N=[N+]=[N-])[C@H]1OC(C)=O.CC(=O)O[C@@H]1[C@H](OC(C)=O)[C@H](C)O[C@H](N=[N+]=[N-])[C@H]1OC(C)=O. The largest absolute Gasteiger partial charge is 0.456 e. The summed E-state index contributed by atoms with van der Waals surface area (Å²) in [5.74, 6) is -3.98. The zero-order valence-electron chi connectivity index (χ0n) is 25.2. The molecule has 2 saturated heterocycles. The third-order valence-electron chi connectivity index (χ3n) is 5.63. The molecule has 0 N–H and O–H groups in total. The molecule has 0 radical (unpaired) electrons. The minimum Gasteiger partial charge on any atom is -0.456 e. The van der Waals surface area contributed by atoms with Gasteiger partial charge in [0.05, 0.1) is 12.2 Å². The monoisotopic (exact) mass is 630 g/mol. The van der Waals surface area contributed by atoms with Crippen LogP contribution in [0.2, 0.25) is 0 Å². The van der Waals surface area contributed by atoms with E-state index in [9.17, 15) is 28.8 Å². The minimum atomic E-state index is -1.22. The number of azide groups is 2. The Labute approximate surface area is 250 Å². The maximum Gasteiger partial charge on any atom is 0.303 e. The van der Waals surface area contributed by atoms with Crippen molar-refractivity contribution in [3.8, 4) is 0 Å². The first kappa shape index (κ1) is 37.4. The first-order valence-electron chi connectivity index (χ1n) is 12.9. The highest BCUT2D eigenvalue weighted by molar-refractivity contribution is 5.69. The third kappa shape index (κ3) is 11.6. The fourth-order valence-corrected chi connectivity index (χ4v) is 4.26. The van der Waals surface area contributed by atoms with Crippen LogP contribution in [0.15, 0.2) is 10.2 Å². The van der Waals surface area contributed by atoms with Crippen molar-refractivity contribution < 1.29 is 66.7 Å². The number of esters is 6. The number of hydrogen-bond donors (Lipinski definition) is 0. The van der Waals surface area contributed by atoms with Gasteiger partial charge in [0.1, 0.15) is 0 Å². The van der Waals surface area contributed by atoms with Crippen molar-refractivity contribution in [3.05, 3.63) is 20.9 Å². The molecule has 0 aromatic heterocycles. The van der Waals surface area contributed by atoms with Crippen molar-refractivity contribution in [1.29, 1.82) is 0 Å². The van der Waals surface area contributed by atoms with Gasteiger partial charge in [0.25, 0.3) is 0 Å². The van der Waals surface area contributed by atoms with Crippen LogP contribution in [0.3, 0.4) is 0 Å². The van der Waals surface area contributed by atoms with Crippen LogP contribution in [0.4, 0.5) is 0 Å². The zero-order valence-corrected chi connectivity index (χ0v) is 25.2. The minimum absolute atomic E-state index is 0.624. The van der Waals surface area contributed by atoms with Gasteiger partial charge in [-0.1, -0.05) is 10.2 Å². The van der Waals surface area contributed by atoms with E-state index in [1.807, 2.05) is 0 Å². The lowest BCUT2D eigenvalue weighted by atomic mass is 9.98. The summed E-state index contributed by atoms with van der Waals surface area (Å²) in [6.07, 6.45) is -10.7. The number of rotatable bonds is 8. The molecule has 0 spiro atoms. The van der Waals surface area contributed by atoms with E-state index in [2.05, 4.69) is 20.1 Å². The summed E-state index contributed by atoms with van der Waals surface area (Å²) < 4.78 is 41.3. The van der Waals surface area contributed by atoms with Gasteiger partial charge in [0.15, 0.2) is 49.1 Å². The van der Waals surface area contributed by atoms with E-state index >= 15 is 0 Å². The number of carbonyl (C=O) groups is 6. The van der Waals surface area contributed by atoms with E-state index in [4.69, 9.17) is 49.0 Å². The van der Waals surface area contributed by atoms with E-state index in [1.165, 1.54) is 13.8 Å². The molecule has 0 unspecified atom stereocenters. The highest BCUT2D eigenvalue weighted by Crippen LogP contribution is 2.30. The molecule has 2 aliphatic rings. The lowest BCUT2D eigenvalue weighted by molar-refractivity contribution is -0.242. The number of ether oxygens (including phenoxy) is 8. The average molecular weight is 631 g/mol. The van der Waals surface area contributed by atoms with Crippen molar-refractivity contribution in [1.82, 2.24) is 0 Å². The fourth-order valence-electron chi connectivity index (χ4n) is 4.26.